The van der Waals surface area contributed by atoms with Gasteiger partial charge in [-0.05, 0) is 25.9 Å². The maximum Gasteiger partial charge on any atom is 0.154 e. The zero-order valence-corrected chi connectivity index (χ0v) is 7.88. The Balaban J connectivity index is 0.000000720. The molecule has 3 nitrogen and oxygen atoms in total. The molecule has 0 aromatic heterocycles. The van der Waals surface area contributed by atoms with Crippen LogP contribution in [0.3, 0.4) is 0 Å². The summed E-state index contributed by atoms with van der Waals surface area (Å²) in [6, 6.07) is 0. The summed E-state index contributed by atoms with van der Waals surface area (Å²) in [6.45, 7) is 2.86. The molecule has 12 heavy (non-hydrogen) atoms. The summed E-state index contributed by atoms with van der Waals surface area (Å²) in [5, 5.41) is 6.60. The Labute approximate surface area is 78.7 Å². The monoisotopic (exact) mass is 190 g/mol. The van der Waals surface area contributed by atoms with E-state index in [1.807, 2.05) is 0 Å². The lowest BCUT2D eigenvalue weighted by molar-refractivity contribution is -0.123. The second-order valence-electron chi connectivity index (χ2n) is 3.43. The highest BCUT2D eigenvalue weighted by molar-refractivity contribution is 5.90. The van der Waals surface area contributed by atoms with E-state index < -0.39 is 0 Å². The van der Waals surface area contributed by atoms with Crippen molar-refractivity contribution >= 4 is 18.2 Å². The van der Waals surface area contributed by atoms with Crippen molar-refractivity contribution < 1.29 is 4.79 Å². The highest BCUT2D eigenvalue weighted by Gasteiger charge is 2.41. The van der Waals surface area contributed by atoms with E-state index in [9.17, 15) is 4.79 Å². The molecule has 70 valence electrons. The summed E-state index contributed by atoms with van der Waals surface area (Å²) in [6.07, 6.45) is 2.69. The molecule has 2 N–H and O–H groups in total. The molecule has 2 heterocycles. The van der Waals surface area contributed by atoms with Gasteiger partial charge in [0.25, 0.3) is 0 Å². The van der Waals surface area contributed by atoms with Gasteiger partial charge in [-0.1, -0.05) is 0 Å². The standard InChI is InChI=1S/C8H14N2O.ClH/c11-7-1-4-10-8(7)2-5-9-6-3-8;/h9-10H,1-6H2;1H. The van der Waals surface area contributed by atoms with Crippen LogP contribution in [0.2, 0.25) is 0 Å². The Kier molecular flexibility index (Phi) is 3.09. The molecule has 0 amide bonds. The van der Waals surface area contributed by atoms with Crippen molar-refractivity contribution in [3.8, 4) is 0 Å². The number of carbonyl (C=O) groups is 1. The first-order chi connectivity index (χ1) is 5.33. The highest BCUT2D eigenvalue weighted by Crippen LogP contribution is 2.24. The largest absolute Gasteiger partial charge is 0.317 e. The van der Waals surface area contributed by atoms with Crippen LogP contribution in [0.1, 0.15) is 19.3 Å². The predicted octanol–water partition coefficient (Wildman–Crippen LogP) is 0.0928. The molecular formula is C8H15ClN2O. The van der Waals surface area contributed by atoms with Crippen molar-refractivity contribution in [1.82, 2.24) is 10.6 Å². The quantitative estimate of drug-likeness (QED) is 0.569. The van der Waals surface area contributed by atoms with Crippen LogP contribution in [-0.2, 0) is 4.79 Å². The number of carbonyl (C=O) groups excluding carboxylic acids is 1. The molecule has 2 rings (SSSR count). The zero-order valence-electron chi connectivity index (χ0n) is 7.06. The van der Waals surface area contributed by atoms with E-state index in [4.69, 9.17) is 0 Å². The maximum absolute atomic E-state index is 11.5. The Bertz CT molecular complexity index is 178. The average Bonchev–Trinajstić information content (AvgIpc) is 2.36. The molecule has 0 saturated carbocycles. The smallest absolute Gasteiger partial charge is 0.154 e. The Morgan fingerprint density at radius 3 is 2.33 bits per heavy atom. The molecule has 0 radical (unpaired) electrons. The molecule has 0 aromatic rings. The number of ketones is 1. The summed E-state index contributed by atoms with van der Waals surface area (Å²) < 4.78 is 0. The van der Waals surface area contributed by atoms with Crippen molar-refractivity contribution in [2.75, 3.05) is 19.6 Å². The van der Waals surface area contributed by atoms with Gasteiger partial charge in [-0.3, -0.25) is 4.79 Å². The first-order valence-corrected chi connectivity index (χ1v) is 4.33. The van der Waals surface area contributed by atoms with Gasteiger partial charge in [0.05, 0.1) is 5.54 Å². The molecular weight excluding hydrogens is 176 g/mol. The SMILES string of the molecule is Cl.O=C1CCNC12CCNCC2. The third-order valence-electron chi connectivity index (χ3n) is 2.81. The lowest BCUT2D eigenvalue weighted by Gasteiger charge is -2.32. The Hall–Kier alpha value is -0.120. The van der Waals surface area contributed by atoms with Crippen molar-refractivity contribution in [2.45, 2.75) is 24.8 Å². The fraction of sp³-hybridized carbons (Fsp3) is 0.875. The normalized spacial score (nSPS) is 27.2. The van der Waals surface area contributed by atoms with Crippen LogP contribution < -0.4 is 10.6 Å². The predicted molar refractivity (Wildman–Crippen MR) is 49.7 cm³/mol. The number of piperidine rings is 1. The van der Waals surface area contributed by atoms with Gasteiger partial charge in [-0.25, -0.2) is 0 Å². The van der Waals surface area contributed by atoms with Gasteiger partial charge in [0.1, 0.15) is 0 Å². The van der Waals surface area contributed by atoms with Gasteiger partial charge in [-0.15, -0.1) is 12.4 Å². The number of hydrogen-bond donors (Lipinski definition) is 2. The zero-order chi connectivity index (χ0) is 7.73. The van der Waals surface area contributed by atoms with Gasteiger partial charge >= 0.3 is 0 Å². The molecule has 2 aliphatic heterocycles. The number of halogens is 1. The van der Waals surface area contributed by atoms with Gasteiger partial charge in [0.15, 0.2) is 5.78 Å². The summed E-state index contributed by atoms with van der Waals surface area (Å²) in [5.74, 6) is 0.430. The summed E-state index contributed by atoms with van der Waals surface area (Å²) in [4.78, 5) is 11.5. The van der Waals surface area contributed by atoms with Crippen LogP contribution in [0, 0.1) is 0 Å². The summed E-state index contributed by atoms with van der Waals surface area (Å²) >= 11 is 0. The number of nitrogens with one attached hydrogen (secondary N) is 2. The van der Waals surface area contributed by atoms with Gasteiger partial charge in [-0.2, -0.15) is 0 Å². The molecule has 0 aliphatic carbocycles. The van der Waals surface area contributed by atoms with Crippen LogP contribution in [-0.4, -0.2) is 31.0 Å². The minimum Gasteiger partial charge on any atom is -0.317 e. The molecule has 1 spiro atoms. The average molecular weight is 191 g/mol. The maximum atomic E-state index is 11.5. The lowest BCUT2D eigenvalue weighted by Crippen LogP contribution is -2.52. The lowest BCUT2D eigenvalue weighted by atomic mass is 9.86. The fourth-order valence-electron chi connectivity index (χ4n) is 2.06. The van der Waals surface area contributed by atoms with Crippen LogP contribution in [0.15, 0.2) is 0 Å². The van der Waals surface area contributed by atoms with Crippen LogP contribution in [0.25, 0.3) is 0 Å². The van der Waals surface area contributed by atoms with E-state index in [1.54, 1.807) is 0 Å². The third-order valence-corrected chi connectivity index (χ3v) is 2.81. The second kappa shape index (κ2) is 3.73. The summed E-state index contributed by atoms with van der Waals surface area (Å²) in [5.41, 5.74) is -0.120. The first-order valence-electron chi connectivity index (χ1n) is 4.33. The minimum atomic E-state index is -0.120. The fourth-order valence-corrected chi connectivity index (χ4v) is 2.06. The Morgan fingerprint density at radius 2 is 1.83 bits per heavy atom. The van der Waals surface area contributed by atoms with Crippen LogP contribution in [0.5, 0.6) is 0 Å². The molecule has 2 saturated heterocycles. The van der Waals surface area contributed by atoms with Crippen molar-refractivity contribution in [2.24, 2.45) is 0 Å². The summed E-state index contributed by atoms with van der Waals surface area (Å²) in [7, 11) is 0. The number of rotatable bonds is 0. The molecule has 0 bridgehead atoms. The van der Waals surface area contributed by atoms with Gasteiger partial charge in [0, 0.05) is 13.0 Å². The van der Waals surface area contributed by atoms with Gasteiger partial charge in [0.2, 0.25) is 0 Å². The molecule has 2 fully saturated rings. The molecule has 4 heteroatoms. The molecule has 2 aliphatic rings. The van der Waals surface area contributed by atoms with E-state index in [1.165, 1.54) is 0 Å². The van der Waals surface area contributed by atoms with E-state index in [0.717, 1.165) is 38.9 Å². The number of Topliss-reactive ketones (excluding diaryl/α,β-unsaturated/α-hetero) is 1. The third kappa shape index (κ3) is 1.49. The topological polar surface area (TPSA) is 41.1 Å². The Morgan fingerprint density at radius 1 is 1.17 bits per heavy atom. The van der Waals surface area contributed by atoms with E-state index >= 15 is 0 Å². The molecule has 0 atom stereocenters. The van der Waals surface area contributed by atoms with E-state index in [-0.39, 0.29) is 17.9 Å². The van der Waals surface area contributed by atoms with Crippen molar-refractivity contribution in [3.05, 3.63) is 0 Å². The first kappa shape index (κ1) is 9.96. The van der Waals surface area contributed by atoms with Crippen molar-refractivity contribution in [1.29, 1.82) is 0 Å². The van der Waals surface area contributed by atoms with E-state index in [0.29, 0.717) is 5.78 Å². The second-order valence-corrected chi connectivity index (χ2v) is 3.43. The van der Waals surface area contributed by atoms with Crippen molar-refractivity contribution in [3.63, 3.8) is 0 Å². The molecule has 0 unspecified atom stereocenters. The molecule has 0 aromatic carbocycles. The highest BCUT2D eigenvalue weighted by atomic mass is 35.5. The van der Waals surface area contributed by atoms with Crippen LogP contribution in [0.4, 0.5) is 0 Å². The van der Waals surface area contributed by atoms with Gasteiger partial charge < -0.3 is 10.6 Å². The minimum absolute atomic E-state index is 0. The number of hydrogen-bond acceptors (Lipinski definition) is 3. The van der Waals surface area contributed by atoms with E-state index in [2.05, 4.69) is 10.6 Å². The van der Waals surface area contributed by atoms with Crippen LogP contribution >= 0.6 is 12.4 Å².